The van der Waals surface area contributed by atoms with E-state index in [1.165, 1.54) is 23.9 Å². The Kier molecular flexibility index (Phi) is 5.31. The van der Waals surface area contributed by atoms with Gasteiger partial charge in [-0.2, -0.15) is 0 Å². The molecular weight excluding hydrogens is 285 g/mol. The summed E-state index contributed by atoms with van der Waals surface area (Å²) in [6.45, 7) is 5.91. The van der Waals surface area contributed by atoms with Crippen LogP contribution in [-0.2, 0) is 0 Å². The smallest absolute Gasteiger partial charge is 0.188 e. The zero-order valence-electron chi connectivity index (χ0n) is 12.5. The summed E-state index contributed by atoms with van der Waals surface area (Å²) >= 11 is 1.50. The number of aromatic nitrogens is 2. The minimum absolute atomic E-state index is 0.0631. The summed E-state index contributed by atoms with van der Waals surface area (Å²) in [4.78, 5) is 8.88. The predicted octanol–water partition coefficient (Wildman–Crippen LogP) is 3.80. The van der Waals surface area contributed by atoms with Gasteiger partial charge >= 0.3 is 0 Å². The van der Waals surface area contributed by atoms with Crippen molar-refractivity contribution in [1.29, 1.82) is 0 Å². The molecule has 0 aliphatic rings. The third-order valence-corrected chi connectivity index (χ3v) is 4.50. The largest absolute Gasteiger partial charge is 0.326 e. The van der Waals surface area contributed by atoms with E-state index in [0.717, 1.165) is 23.4 Å². The second-order valence-corrected chi connectivity index (χ2v) is 6.21. The second-order valence-electron chi connectivity index (χ2n) is 5.10. The molecule has 0 bridgehead atoms. The SMILES string of the molecule is CCC(N)C(Sc1nc(C)cc(C)n1)c1cccc(F)c1. The summed E-state index contributed by atoms with van der Waals surface area (Å²) < 4.78 is 13.5. The molecule has 0 saturated carbocycles. The number of hydrogen-bond acceptors (Lipinski definition) is 4. The number of nitrogens with zero attached hydrogens (tertiary/aromatic N) is 2. The van der Waals surface area contributed by atoms with E-state index in [1.807, 2.05) is 32.9 Å². The van der Waals surface area contributed by atoms with Crippen molar-refractivity contribution in [1.82, 2.24) is 9.97 Å². The highest BCUT2D eigenvalue weighted by Crippen LogP contribution is 2.36. The molecule has 21 heavy (non-hydrogen) atoms. The average molecular weight is 305 g/mol. The molecule has 1 aromatic heterocycles. The number of aryl methyl sites for hydroxylation is 2. The highest BCUT2D eigenvalue weighted by Gasteiger charge is 2.22. The average Bonchev–Trinajstić information content (AvgIpc) is 2.43. The zero-order valence-corrected chi connectivity index (χ0v) is 13.3. The lowest BCUT2D eigenvalue weighted by molar-refractivity contribution is 0.609. The molecule has 112 valence electrons. The maximum atomic E-state index is 13.5. The summed E-state index contributed by atoms with van der Waals surface area (Å²) in [7, 11) is 0. The van der Waals surface area contributed by atoms with Crippen molar-refractivity contribution in [3.05, 3.63) is 53.1 Å². The third kappa shape index (κ3) is 4.25. The van der Waals surface area contributed by atoms with Crippen molar-refractivity contribution in [2.24, 2.45) is 5.73 Å². The van der Waals surface area contributed by atoms with Crippen molar-refractivity contribution < 1.29 is 4.39 Å². The molecule has 0 radical (unpaired) electrons. The van der Waals surface area contributed by atoms with Crippen LogP contribution in [0, 0.1) is 19.7 Å². The number of thioether (sulfide) groups is 1. The molecule has 0 spiro atoms. The third-order valence-electron chi connectivity index (χ3n) is 3.23. The van der Waals surface area contributed by atoms with Crippen LogP contribution in [0.1, 0.15) is 35.5 Å². The minimum atomic E-state index is -0.247. The Morgan fingerprint density at radius 3 is 2.43 bits per heavy atom. The van der Waals surface area contributed by atoms with E-state index in [0.29, 0.717) is 5.16 Å². The highest BCUT2D eigenvalue weighted by atomic mass is 32.2. The van der Waals surface area contributed by atoms with E-state index in [-0.39, 0.29) is 17.1 Å². The van der Waals surface area contributed by atoms with Crippen LogP contribution in [0.2, 0.25) is 0 Å². The maximum Gasteiger partial charge on any atom is 0.188 e. The van der Waals surface area contributed by atoms with Gasteiger partial charge in [-0.1, -0.05) is 30.8 Å². The van der Waals surface area contributed by atoms with E-state index >= 15 is 0 Å². The van der Waals surface area contributed by atoms with Gasteiger partial charge in [0, 0.05) is 17.4 Å². The second kappa shape index (κ2) is 7.00. The van der Waals surface area contributed by atoms with Gasteiger partial charge < -0.3 is 5.73 Å². The number of rotatable bonds is 5. The van der Waals surface area contributed by atoms with Crippen LogP contribution in [0.3, 0.4) is 0 Å². The first-order valence-electron chi connectivity index (χ1n) is 6.99. The monoisotopic (exact) mass is 305 g/mol. The van der Waals surface area contributed by atoms with Crippen LogP contribution >= 0.6 is 11.8 Å². The van der Waals surface area contributed by atoms with Crippen LogP contribution in [0.4, 0.5) is 4.39 Å². The zero-order chi connectivity index (χ0) is 15.4. The molecular formula is C16H20FN3S. The van der Waals surface area contributed by atoms with Crippen LogP contribution in [-0.4, -0.2) is 16.0 Å². The van der Waals surface area contributed by atoms with Crippen LogP contribution in [0.25, 0.3) is 0 Å². The van der Waals surface area contributed by atoms with Crippen LogP contribution in [0.15, 0.2) is 35.5 Å². The summed E-state index contributed by atoms with van der Waals surface area (Å²) in [5, 5.41) is 0.623. The van der Waals surface area contributed by atoms with Gasteiger partial charge in [0.15, 0.2) is 5.16 Å². The van der Waals surface area contributed by atoms with Crippen LogP contribution < -0.4 is 5.73 Å². The number of halogens is 1. The summed E-state index contributed by atoms with van der Waals surface area (Å²) in [6, 6.07) is 8.44. The van der Waals surface area contributed by atoms with Crippen molar-refractivity contribution in [3.8, 4) is 0 Å². The van der Waals surface area contributed by atoms with E-state index in [9.17, 15) is 4.39 Å². The highest BCUT2D eigenvalue weighted by molar-refractivity contribution is 7.99. The molecule has 2 rings (SSSR count). The van der Waals surface area contributed by atoms with E-state index < -0.39 is 0 Å². The Labute approximate surface area is 129 Å². The van der Waals surface area contributed by atoms with Gasteiger partial charge in [-0.05, 0) is 44.0 Å². The first kappa shape index (κ1) is 15.9. The first-order valence-corrected chi connectivity index (χ1v) is 7.87. The minimum Gasteiger partial charge on any atom is -0.326 e. The Bertz CT molecular complexity index is 598. The fourth-order valence-corrected chi connectivity index (χ4v) is 3.43. The molecule has 0 aliphatic heterocycles. The van der Waals surface area contributed by atoms with E-state index in [1.54, 1.807) is 6.07 Å². The maximum absolute atomic E-state index is 13.5. The summed E-state index contributed by atoms with van der Waals surface area (Å²) in [5.74, 6) is -0.247. The van der Waals surface area contributed by atoms with Gasteiger partial charge in [0.2, 0.25) is 0 Å². The predicted molar refractivity (Wildman–Crippen MR) is 84.8 cm³/mol. The molecule has 0 saturated heterocycles. The molecule has 0 fully saturated rings. The molecule has 2 aromatic rings. The van der Waals surface area contributed by atoms with Crippen molar-refractivity contribution in [2.75, 3.05) is 0 Å². The molecule has 2 unspecified atom stereocenters. The normalized spacial score (nSPS) is 14.0. The standard InChI is InChI=1S/C16H20FN3S/c1-4-14(18)15(12-6-5-7-13(17)9-12)21-16-19-10(2)8-11(3)20-16/h5-9,14-15H,4,18H2,1-3H3. The summed E-state index contributed by atoms with van der Waals surface area (Å²) in [6.07, 6.45) is 0.805. The summed E-state index contributed by atoms with van der Waals surface area (Å²) in [5.41, 5.74) is 8.95. The van der Waals surface area contributed by atoms with Crippen molar-refractivity contribution in [2.45, 2.75) is 43.6 Å². The van der Waals surface area contributed by atoms with Gasteiger partial charge in [-0.3, -0.25) is 0 Å². The fraction of sp³-hybridized carbons (Fsp3) is 0.375. The van der Waals surface area contributed by atoms with Gasteiger partial charge in [0.25, 0.3) is 0 Å². The molecule has 2 atom stereocenters. The van der Waals surface area contributed by atoms with E-state index in [4.69, 9.17) is 5.73 Å². The fourth-order valence-electron chi connectivity index (χ4n) is 2.16. The lowest BCUT2D eigenvalue weighted by Gasteiger charge is -2.22. The molecule has 0 amide bonds. The Balaban J connectivity index is 2.32. The number of benzene rings is 1. The molecule has 1 heterocycles. The lowest BCUT2D eigenvalue weighted by atomic mass is 10.0. The Hall–Kier alpha value is -1.46. The van der Waals surface area contributed by atoms with Crippen LogP contribution in [0.5, 0.6) is 0 Å². The quantitative estimate of drug-likeness (QED) is 0.674. The van der Waals surface area contributed by atoms with Crippen molar-refractivity contribution in [3.63, 3.8) is 0 Å². The number of hydrogen-bond donors (Lipinski definition) is 1. The van der Waals surface area contributed by atoms with E-state index in [2.05, 4.69) is 9.97 Å². The van der Waals surface area contributed by atoms with Gasteiger partial charge in [-0.15, -0.1) is 0 Å². The van der Waals surface area contributed by atoms with Gasteiger partial charge in [0.05, 0.1) is 5.25 Å². The molecule has 1 aromatic carbocycles. The topological polar surface area (TPSA) is 51.8 Å². The molecule has 0 aliphatic carbocycles. The van der Waals surface area contributed by atoms with Gasteiger partial charge in [-0.25, -0.2) is 14.4 Å². The molecule has 5 heteroatoms. The van der Waals surface area contributed by atoms with Gasteiger partial charge in [0.1, 0.15) is 5.82 Å². The molecule has 2 N–H and O–H groups in total. The Morgan fingerprint density at radius 1 is 1.19 bits per heavy atom. The number of nitrogens with two attached hydrogens (primary N) is 1. The van der Waals surface area contributed by atoms with Crippen molar-refractivity contribution >= 4 is 11.8 Å². The molecule has 3 nitrogen and oxygen atoms in total. The Morgan fingerprint density at radius 2 is 1.86 bits per heavy atom. The first-order chi connectivity index (χ1) is 9.99. The lowest BCUT2D eigenvalue weighted by Crippen LogP contribution is -2.26.